The van der Waals surface area contributed by atoms with E-state index >= 15 is 0 Å². The molecule has 18 heavy (non-hydrogen) atoms. The second-order valence-corrected chi connectivity index (χ2v) is 4.19. The summed E-state index contributed by atoms with van der Waals surface area (Å²) in [7, 11) is 0. The highest BCUT2D eigenvalue weighted by molar-refractivity contribution is 5.89. The molecular weight excluding hydrogens is 243 g/mol. The first-order valence-electron chi connectivity index (χ1n) is 5.46. The molecule has 0 saturated carbocycles. The lowest BCUT2D eigenvalue weighted by molar-refractivity contribution is -0.163. The maximum atomic E-state index is 13.7. The highest BCUT2D eigenvalue weighted by Crippen LogP contribution is 2.39. The van der Waals surface area contributed by atoms with E-state index < -0.39 is 17.8 Å². The highest BCUT2D eigenvalue weighted by atomic mass is 19.1. The van der Waals surface area contributed by atoms with Gasteiger partial charge < -0.3 is 14.2 Å². The smallest absolute Gasteiger partial charge is 0.314 e. The molecule has 94 valence electrons. The molecular formula is C12H9FO5. The number of fused-ring (bicyclic) bond motifs is 1. The molecule has 1 saturated heterocycles. The van der Waals surface area contributed by atoms with Gasteiger partial charge in [0.05, 0.1) is 12.8 Å². The summed E-state index contributed by atoms with van der Waals surface area (Å²) in [5.41, 5.74) is 0.543. The molecule has 2 heterocycles. The summed E-state index contributed by atoms with van der Waals surface area (Å²) in [6, 6.07) is 2.87. The van der Waals surface area contributed by atoms with Gasteiger partial charge in [0.1, 0.15) is 0 Å². The number of benzene rings is 1. The van der Waals surface area contributed by atoms with Crippen molar-refractivity contribution in [3.05, 3.63) is 23.5 Å². The van der Waals surface area contributed by atoms with Gasteiger partial charge in [0.15, 0.2) is 11.6 Å². The topological polar surface area (TPSA) is 61.8 Å². The zero-order valence-electron chi connectivity index (χ0n) is 9.27. The Hall–Kier alpha value is -2.11. The van der Waals surface area contributed by atoms with Crippen LogP contribution in [0.25, 0.3) is 0 Å². The molecule has 0 amide bonds. The fourth-order valence-corrected chi connectivity index (χ4v) is 2.14. The predicted octanol–water partition coefficient (Wildman–Crippen LogP) is 1.50. The lowest BCUT2D eigenvalue weighted by Gasteiger charge is -2.20. The minimum absolute atomic E-state index is 0.0264. The Morgan fingerprint density at radius 2 is 1.83 bits per heavy atom. The fraction of sp³-hybridized carbons (Fsp3) is 0.333. The van der Waals surface area contributed by atoms with Crippen LogP contribution in [0.1, 0.15) is 24.3 Å². The Kier molecular flexibility index (Phi) is 2.43. The number of cyclic esters (lactones) is 2. The molecule has 2 aliphatic rings. The van der Waals surface area contributed by atoms with Gasteiger partial charge in [-0.3, -0.25) is 9.59 Å². The van der Waals surface area contributed by atoms with E-state index in [0.717, 1.165) is 0 Å². The highest BCUT2D eigenvalue weighted by Gasteiger charge is 2.30. The van der Waals surface area contributed by atoms with E-state index in [9.17, 15) is 14.0 Å². The van der Waals surface area contributed by atoms with Crippen LogP contribution in [-0.4, -0.2) is 18.7 Å². The van der Waals surface area contributed by atoms with Crippen molar-refractivity contribution in [2.24, 2.45) is 0 Å². The van der Waals surface area contributed by atoms with Crippen molar-refractivity contribution < 1.29 is 28.2 Å². The lowest BCUT2D eigenvalue weighted by atomic mass is 9.91. The van der Waals surface area contributed by atoms with Gasteiger partial charge in [-0.1, -0.05) is 0 Å². The SMILES string of the molecule is O=C1CC(c2cc(F)c3c(c2)OCO3)CC(=O)O1. The fourth-order valence-electron chi connectivity index (χ4n) is 2.14. The maximum Gasteiger partial charge on any atom is 0.314 e. The van der Waals surface area contributed by atoms with Crippen LogP contribution in [0.4, 0.5) is 4.39 Å². The Morgan fingerprint density at radius 1 is 1.11 bits per heavy atom. The normalized spacial score (nSPS) is 18.9. The number of carbonyl (C=O) groups is 2. The molecule has 1 aromatic carbocycles. The zero-order chi connectivity index (χ0) is 12.7. The van der Waals surface area contributed by atoms with Gasteiger partial charge in [-0.25, -0.2) is 4.39 Å². The number of ether oxygens (including phenoxy) is 3. The van der Waals surface area contributed by atoms with Crippen LogP contribution in [0.3, 0.4) is 0 Å². The molecule has 2 aliphatic heterocycles. The molecule has 0 radical (unpaired) electrons. The third-order valence-electron chi connectivity index (χ3n) is 2.97. The van der Waals surface area contributed by atoms with Gasteiger partial charge in [-0.15, -0.1) is 0 Å². The van der Waals surface area contributed by atoms with E-state index in [-0.39, 0.29) is 31.3 Å². The largest absolute Gasteiger partial charge is 0.453 e. The molecule has 0 unspecified atom stereocenters. The van der Waals surface area contributed by atoms with Crippen molar-refractivity contribution in [2.45, 2.75) is 18.8 Å². The van der Waals surface area contributed by atoms with Crippen molar-refractivity contribution in [1.82, 2.24) is 0 Å². The van der Waals surface area contributed by atoms with Crippen molar-refractivity contribution in [3.63, 3.8) is 0 Å². The van der Waals surface area contributed by atoms with Crippen LogP contribution in [0, 0.1) is 5.82 Å². The summed E-state index contributed by atoms with van der Waals surface area (Å²) < 4.78 is 28.2. The van der Waals surface area contributed by atoms with E-state index in [1.165, 1.54) is 6.07 Å². The molecule has 0 N–H and O–H groups in total. The number of hydrogen-bond acceptors (Lipinski definition) is 5. The molecule has 1 aromatic rings. The van der Waals surface area contributed by atoms with E-state index in [1.807, 2.05) is 0 Å². The Balaban J connectivity index is 1.95. The summed E-state index contributed by atoms with van der Waals surface area (Å²) in [4.78, 5) is 22.4. The average Bonchev–Trinajstić information content (AvgIpc) is 2.76. The van der Waals surface area contributed by atoms with Crippen molar-refractivity contribution in [2.75, 3.05) is 6.79 Å². The summed E-state index contributed by atoms with van der Waals surface area (Å²) in [5, 5.41) is 0. The number of rotatable bonds is 1. The summed E-state index contributed by atoms with van der Waals surface area (Å²) in [5.74, 6) is -1.72. The number of hydrogen-bond donors (Lipinski definition) is 0. The van der Waals surface area contributed by atoms with Gasteiger partial charge in [0, 0.05) is 5.92 Å². The zero-order valence-corrected chi connectivity index (χ0v) is 9.27. The minimum atomic E-state index is -0.589. The van der Waals surface area contributed by atoms with Crippen LogP contribution in [0.5, 0.6) is 11.5 Å². The molecule has 0 atom stereocenters. The summed E-state index contributed by atoms with van der Waals surface area (Å²) >= 11 is 0. The van der Waals surface area contributed by atoms with Gasteiger partial charge in [-0.2, -0.15) is 0 Å². The Labute approximate surface area is 101 Å². The van der Waals surface area contributed by atoms with Crippen LogP contribution >= 0.6 is 0 Å². The molecule has 0 aliphatic carbocycles. The van der Waals surface area contributed by atoms with Crippen molar-refractivity contribution in [1.29, 1.82) is 0 Å². The summed E-state index contributed by atoms with van der Waals surface area (Å²) in [6.45, 7) is -0.0264. The standard InChI is InChI=1S/C12H9FO5/c13-8-1-6(2-9-12(8)17-5-16-9)7-3-10(14)18-11(15)4-7/h1-2,7H,3-5H2. The lowest BCUT2D eigenvalue weighted by Crippen LogP contribution is -2.24. The second-order valence-electron chi connectivity index (χ2n) is 4.19. The molecule has 0 aromatic heterocycles. The Morgan fingerprint density at radius 3 is 2.56 bits per heavy atom. The van der Waals surface area contributed by atoms with E-state index in [0.29, 0.717) is 11.3 Å². The number of halogens is 1. The molecule has 0 bridgehead atoms. The average molecular weight is 252 g/mol. The number of carbonyl (C=O) groups excluding carboxylic acids is 2. The quantitative estimate of drug-likeness (QED) is 0.560. The van der Waals surface area contributed by atoms with Crippen LogP contribution < -0.4 is 9.47 Å². The molecule has 3 rings (SSSR count). The van der Waals surface area contributed by atoms with Crippen LogP contribution in [0.2, 0.25) is 0 Å². The first-order valence-corrected chi connectivity index (χ1v) is 5.46. The van der Waals surface area contributed by atoms with E-state index in [1.54, 1.807) is 6.07 Å². The van der Waals surface area contributed by atoms with Crippen molar-refractivity contribution in [3.8, 4) is 11.5 Å². The Bertz CT molecular complexity index is 524. The number of esters is 2. The summed E-state index contributed by atoms with van der Waals surface area (Å²) in [6.07, 6.45) is 0.121. The van der Waals surface area contributed by atoms with Gasteiger partial charge in [0.2, 0.25) is 12.5 Å². The molecule has 5 nitrogen and oxygen atoms in total. The van der Waals surface area contributed by atoms with E-state index in [2.05, 4.69) is 4.74 Å². The third-order valence-corrected chi connectivity index (χ3v) is 2.97. The minimum Gasteiger partial charge on any atom is -0.453 e. The molecule has 1 fully saturated rings. The van der Waals surface area contributed by atoms with Crippen LogP contribution in [-0.2, 0) is 14.3 Å². The monoisotopic (exact) mass is 252 g/mol. The van der Waals surface area contributed by atoms with E-state index in [4.69, 9.17) is 9.47 Å². The first kappa shape index (κ1) is 11.0. The maximum absolute atomic E-state index is 13.7. The molecule has 0 spiro atoms. The van der Waals surface area contributed by atoms with Crippen molar-refractivity contribution >= 4 is 11.9 Å². The third kappa shape index (κ3) is 1.79. The predicted molar refractivity (Wildman–Crippen MR) is 55.6 cm³/mol. The van der Waals surface area contributed by atoms with Crippen LogP contribution in [0.15, 0.2) is 12.1 Å². The first-order chi connectivity index (χ1) is 8.63. The van der Waals surface area contributed by atoms with Gasteiger partial charge in [0.25, 0.3) is 0 Å². The van der Waals surface area contributed by atoms with Gasteiger partial charge >= 0.3 is 11.9 Å². The second kappa shape index (κ2) is 3.97. The van der Waals surface area contributed by atoms with Gasteiger partial charge in [-0.05, 0) is 17.7 Å². The molecule has 6 heteroatoms.